The van der Waals surface area contributed by atoms with Gasteiger partial charge in [0.1, 0.15) is 5.60 Å². The number of rotatable bonds is 3. The fraction of sp³-hybridized carbons (Fsp3) is 0.440. The van der Waals surface area contributed by atoms with Gasteiger partial charge < -0.3 is 19.9 Å². The van der Waals surface area contributed by atoms with E-state index in [0.717, 1.165) is 17.5 Å². The van der Waals surface area contributed by atoms with Gasteiger partial charge in [-0.2, -0.15) is 0 Å². The minimum Gasteiger partial charge on any atom is -0.493 e. The Morgan fingerprint density at radius 2 is 1.97 bits per heavy atom. The standard InChI is InChI=1S/C25H25NO5/c1-30-18-9-8-16-14-23(26-22(28)15-6-3-2-4-7-15)11-5-12-24-19(16)20(18)31-21(24)17(27)10-13-25(23,24)29/h2-4,6-9,21,29H,5,10-14H2,1H3,(H,26,28)/t21-,23?,24?,25+/m1/s1. The van der Waals surface area contributed by atoms with Crippen LogP contribution in [-0.4, -0.2) is 41.2 Å². The lowest BCUT2D eigenvalue weighted by Crippen LogP contribution is -2.81. The minimum absolute atomic E-state index is 0.0148. The molecule has 6 rings (SSSR count). The van der Waals surface area contributed by atoms with E-state index in [9.17, 15) is 14.7 Å². The third kappa shape index (κ3) is 2.11. The molecule has 2 aromatic rings. The van der Waals surface area contributed by atoms with Gasteiger partial charge in [0.2, 0.25) is 0 Å². The van der Waals surface area contributed by atoms with Crippen LogP contribution in [0.3, 0.4) is 0 Å². The van der Waals surface area contributed by atoms with Gasteiger partial charge in [0, 0.05) is 17.5 Å². The van der Waals surface area contributed by atoms with Crippen LogP contribution in [0.2, 0.25) is 0 Å². The van der Waals surface area contributed by atoms with Gasteiger partial charge in [-0.15, -0.1) is 0 Å². The smallest absolute Gasteiger partial charge is 0.251 e. The van der Waals surface area contributed by atoms with Gasteiger partial charge in [0.25, 0.3) is 5.91 Å². The van der Waals surface area contributed by atoms with Gasteiger partial charge in [0.05, 0.1) is 18.1 Å². The number of carbonyl (C=O) groups is 2. The molecule has 1 spiro atoms. The molecule has 0 radical (unpaired) electrons. The molecule has 160 valence electrons. The number of carbonyl (C=O) groups excluding carboxylic acids is 2. The zero-order valence-electron chi connectivity index (χ0n) is 17.4. The van der Waals surface area contributed by atoms with Gasteiger partial charge in [-0.3, -0.25) is 9.59 Å². The highest BCUT2D eigenvalue weighted by molar-refractivity contribution is 5.95. The quantitative estimate of drug-likeness (QED) is 0.799. The summed E-state index contributed by atoms with van der Waals surface area (Å²) in [6.07, 6.45) is 2.40. The molecule has 2 bridgehead atoms. The van der Waals surface area contributed by atoms with E-state index in [1.165, 1.54) is 0 Å². The van der Waals surface area contributed by atoms with Crippen molar-refractivity contribution in [3.63, 3.8) is 0 Å². The lowest BCUT2D eigenvalue weighted by atomic mass is 9.43. The molecule has 2 unspecified atom stereocenters. The fourth-order valence-electron chi connectivity index (χ4n) is 6.94. The van der Waals surface area contributed by atoms with Crippen LogP contribution in [0, 0.1) is 0 Å². The molecular weight excluding hydrogens is 394 g/mol. The third-order valence-corrected chi connectivity index (χ3v) is 8.17. The Balaban J connectivity index is 1.56. The highest BCUT2D eigenvalue weighted by Gasteiger charge is 2.76. The number of ether oxygens (including phenoxy) is 2. The van der Waals surface area contributed by atoms with E-state index in [4.69, 9.17) is 9.47 Å². The van der Waals surface area contributed by atoms with Crippen LogP contribution >= 0.6 is 0 Å². The molecular formula is C25H25NO5. The number of hydrogen-bond donors (Lipinski definition) is 2. The summed E-state index contributed by atoms with van der Waals surface area (Å²) in [5.74, 6) is 0.990. The lowest BCUT2D eigenvalue weighted by molar-refractivity contribution is -0.188. The van der Waals surface area contributed by atoms with Crippen LogP contribution in [0.25, 0.3) is 0 Å². The molecule has 6 heteroatoms. The predicted molar refractivity (Wildman–Crippen MR) is 112 cm³/mol. The number of hydrogen-bond acceptors (Lipinski definition) is 5. The Labute approximate surface area is 180 Å². The normalized spacial score (nSPS) is 34.5. The molecule has 1 heterocycles. The predicted octanol–water partition coefficient (Wildman–Crippen LogP) is 2.70. The minimum atomic E-state index is -1.27. The van der Waals surface area contributed by atoms with E-state index in [1.807, 2.05) is 30.3 Å². The first kappa shape index (κ1) is 18.9. The number of amides is 1. The average molecular weight is 419 g/mol. The zero-order valence-corrected chi connectivity index (χ0v) is 17.4. The summed E-state index contributed by atoms with van der Waals surface area (Å²) in [5, 5.41) is 15.7. The molecule has 2 fully saturated rings. The van der Waals surface area contributed by atoms with Crippen LogP contribution in [0.4, 0.5) is 0 Å². The summed E-state index contributed by atoms with van der Waals surface area (Å²) in [7, 11) is 1.59. The molecule has 3 aliphatic carbocycles. The molecule has 0 saturated heterocycles. The van der Waals surface area contributed by atoms with Gasteiger partial charge in [0.15, 0.2) is 23.4 Å². The highest BCUT2D eigenvalue weighted by atomic mass is 16.5. The second-order valence-electron chi connectivity index (χ2n) is 9.36. The summed E-state index contributed by atoms with van der Waals surface area (Å²) >= 11 is 0. The molecule has 4 atom stereocenters. The van der Waals surface area contributed by atoms with Crippen molar-refractivity contribution in [3.8, 4) is 11.5 Å². The second-order valence-corrected chi connectivity index (χ2v) is 9.36. The molecule has 4 aliphatic rings. The summed E-state index contributed by atoms with van der Waals surface area (Å²) in [6.45, 7) is 0. The Hall–Kier alpha value is -2.86. The maximum absolute atomic E-state index is 13.3. The Bertz CT molecular complexity index is 1110. The van der Waals surface area contributed by atoms with Crippen LogP contribution in [-0.2, 0) is 16.6 Å². The lowest BCUT2D eigenvalue weighted by Gasteiger charge is -2.65. The van der Waals surface area contributed by atoms with Crippen molar-refractivity contribution < 1.29 is 24.2 Å². The van der Waals surface area contributed by atoms with Crippen LogP contribution in [0.1, 0.15) is 53.6 Å². The van der Waals surface area contributed by atoms with Crippen molar-refractivity contribution in [3.05, 3.63) is 59.2 Å². The first-order valence-corrected chi connectivity index (χ1v) is 11.0. The van der Waals surface area contributed by atoms with E-state index in [2.05, 4.69) is 5.32 Å². The van der Waals surface area contributed by atoms with Gasteiger partial charge in [-0.1, -0.05) is 24.3 Å². The molecule has 1 amide bonds. The fourth-order valence-corrected chi connectivity index (χ4v) is 6.94. The summed E-state index contributed by atoms with van der Waals surface area (Å²) in [4.78, 5) is 26.3. The topological polar surface area (TPSA) is 84.9 Å². The largest absolute Gasteiger partial charge is 0.493 e. The number of Topliss-reactive ketones (excluding diaryl/α,β-unsaturated/α-hetero) is 1. The molecule has 31 heavy (non-hydrogen) atoms. The van der Waals surface area contributed by atoms with Crippen LogP contribution < -0.4 is 14.8 Å². The monoisotopic (exact) mass is 419 g/mol. The van der Waals surface area contributed by atoms with Gasteiger partial charge in [-0.25, -0.2) is 0 Å². The molecule has 2 saturated carbocycles. The molecule has 2 aromatic carbocycles. The van der Waals surface area contributed by atoms with Crippen molar-refractivity contribution in [2.45, 2.75) is 61.2 Å². The SMILES string of the molecule is COc1ccc2c3c1O[C@@H]1C(=O)CC[C@]4(O)C(NC(=O)c5ccccc5)(CCCC314)C2. The van der Waals surface area contributed by atoms with E-state index in [1.54, 1.807) is 19.2 Å². The molecule has 6 nitrogen and oxygen atoms in total. The zero-order chi connectivity index (χ0) is 21.4. The van der Waals surface area contributed by atoms with Crippen molar-refractivity contribution in [2.75, 3.05) is 7.11 Å². The van der Waals surface area contributed by atoms with Crippen LogP contribution in [0.15, 0.2) is 42.5 Å². The third-order valence-electron chi connectivity index (χ3n) is 8.17. The first-order chi connectivity index (χ1) is 15.0. The summed E-state index contributed by atoms with van der Waals surface area (Å²) < 4.78 is 11.8. The summed E-state index contributed by atoms with van der Waals surface area (Å²) in [5.41, 5.74) is -0.493. The Morgan fingerprint density at radius 3 is 2.74 bits per heavy atom. The molecule has 2 N–H and O–H groups in total. The second kappa shape index (κ2) is 6.10. The average Bonchev–Trinajstić information content (AvgIpc) is 3.13. The Kier molecular flexibility index (Phi) is 3.71. The molecule has 0 aromatic heterocycles. The van der Waals surface area contributed by atoms with Crippen molar-refractivity contribution >= 4 is 11.7 Å². The van der Waals surface area contributed by atoms with E-state index in [0.29, 0.717) is 42.7 Å². The first-order valence-electron chi connectivity index (χ1n) is 11.0. The maximum atomic E-state index is 13.3. The van der Waals surface area contributed by atoms with Crippen LogP contribution in [0.5, 0.6) is 11.5 Å². The van der Waals surface area contributed by atoms with Crippen molar-refractivity contribution in [1.29, 1.82) is 0 Å². The number of methoxy groups -OCH3 is 1. The van der Waals surface area contributed by atoms with E-state index in [-0.39, 0.29) is 18.1 Å². The number of ketones is 1. The number of nitrogens with one attached hydrogen (secondary N) is 1. The maximum Gasteiger partial charge on any atom is 0.251 e. The highest BCUT2D eigenvalue weighted by Crippen LogP contribution is 2.68. The van der Waals surface area contributed by atoms with Crippen molar-refractivity contribution in [1.82, 2.24) is 5.32 Å². The Morgan fingerprint density at radius 1 is 1.16 bits per heavy atom. The van der Waals surface area contributed by atoms with Gasteiger partial charge >= 0.3 is 0 Å². The number of aliphatic hydroxyl groups is 1. The van der Waals surface area contributed by atoms with Crippen molar-refractivity contribution in [2.24, 2.45) is 0 Å². The van der Waals surface area contributed by atoms with E-state index < -0.39 is 22.7 Å². The summed E-state index contributed by atoms with van der Waals surface area (Å²) in [6, 6.07) is 13.0. The number of benzene rings is 2. The van der Waals surface area contributed by atoms with E-state index >= 15 is 0 Å². The van der Waals surface area contributed by atoms with Gasteiger partial charge in [-0.05, 0) is 55.9 Å². The molecule has 1 aliphatic heterocycles.